The maximum absolute atomic E-state index is 11.5. The van der Waals surface area contributed by atoms with Crippen LogP contribution in [-0.4, -0.2) is 16.7 Å². The maximum Gasteiger partial charge on any atom is 0.340 e. The van der Waals surface area contributed by atoms with Gasteiger partial charge in [-0.05, 0) is 26.3 Å². The summed E-state index contributed by atoms with van der Waals surface area (Å²) in [6.07, 6.45) is 0.245. The highest BCUT2D eigenvalue weighted by molar-refractivity contribution is 5.83. The first-order chi connectivity index (χ1) is 9.20. The first-order valence-corrected chi connectivity index (χ1v) is 5.97. The number of oxime groups is 1. The first kappa shape index (κ1) is 15.6. The Morgan fingerprint density at radius 1 is 1.35 bits per heavy atom. The Bertz CT molecular complexity index is 530. The Morgan fingerprint density at radius 3 is 2.35 bits per heavy atom. The second-order valence-corrected chi connectivity index (χ2v) is 5.31. The average Bonchev–Trinajstić information content (AvgIpc) is 2.35. The molecule has 7 heteroatoms. The monoisotopic (exact) mass is 279 g/mol. The van der Waals surface area contributed by atoms with Crippen molar-refractivity contribution in [3.05, 3.63) is 39.9 Å². The molecule has 0 aliphatic heterocycles. The number of non-ortho nitro benzene ring substituents is 1. The molecule has 1 aromatic rings. The van der Waals surface area contributed by atoms with E-state index in [1.54, 1.807) is 32.9 Å². The quantitative estimate of drug-likeness (QED) is 0.298. The van der Waals surface area contributed by atoms with Crippen molar-refractivity contribution in [3.63, 3.8) is 0 Å². The highest BCUT2D eigenvalue weighted by atomic mass is 16.7. The zero-order valence-corrected chi connectivity index (χ0v) is 11.6. The normalized spacial score (nSPS) is 12.1. The smallest absolute Gasteiger partial charge is 0.340 e. The molecule has 0 atom stereocenters. The van der Waals surface area contributed by atoms with Gasteiger partial charge in [-0.15, -0.1) is 0 Å². The van der Waals surface area contributed by atoms with Crippen LogP contribution in [0.5, 0.6) is 0 Å². The molecule has 0 aliphatic rings. The van der Waals surface area contributed by atoms with E-state index in [1.807, 2.05) is 0 Å². The van der Waals surface area contributed by atoms with Crippen LogP contribution < -0.4 is 5.73 Å². The van der Waals surface area contributed by atoms with Gasteiger partial charge in [0.15, 0.2) is 0 Å². The van der Waals surface area contributed by atoms with Crippen molar-refractivity contribution in [2.45, 2.75) is 27.2 Å². The number of hydrogen-bond acceptors (Lipinski definition) is 5. The number of carbonyl (C=O) groups excluding carboxylic acids is 1. The average molecular weight is 279 g/mol. The molecular weight excluding hydrogens is 262 g/mol. The number of rotatable bonds is 4. The van der Waals surface area contributed by atoms with Gasteiger partial charge in [0.1, 0.15) is 5.84 Å². The van der Waals surface area contributed by atoms with Crippen molar-refractivity contribution in [2.24, 2.45) is 16.3 Å². The molecule has 108 valence electrons. The number of nitrogens with zero attached hydrogens (tertiary/aromatic N) is 2. The van der Waals surface area contributed by atoms with Crippen LogP contribution in [-0.2, 0) is 16.1 Å². The van der Waals surface area contributed by atoms with Gasteiger partial charge in [0.2, 0.25) is 0 Å². The summed E-state index contributed by atoms with van der Waals surface area (Å²) < 4.78 is 0. The Labute approximate surface area is 116 Å². The Morgan fingerprint density at radius 2 is 1.90 bits per heavy atom. The number of amidine groups is 1. The zero-order valence-electron chi connectivity index (χ0n) is 11.6. The minimum absolute atomic E-state index is 0.00317. The fourth-order valence-electron chi connectivity index (χ4n) is 1.21. The fraction of sp³-hybridized carbons (Fsp3) is 0.385. The predicted molar refractivity (Wildman–Crippen MR) is 74.0 cm³/mol. The van der Waals surface area contributed by atoms with Crippen LogP contribution >= 0.6 is 0 Å². The number of carbonyl (C=O) groups is 1. The van der Waals surface area contributed by atoms with Gasteiger partial charge in [-0.1, -0.05) is 17.3 Å². The third kappa shape index (κ3) is 4.68. The minimum Gasteiger partial charge on any atom is -0.384 e. The van der Waals surface area contributed by atoms with Crippen molar-refractivity contribution < 1.29 is 14.6 Å². The molecule has 0 heterocycles. The lowest BCUT2D eigenvalue weighted by Crippen LogP contribution is -2.23. The van der Waals surface area contributed by atoms with Crippen LogP contribution in [0.1, 0.15) is 26.3 Å². The highest BCUT2D eigenvalue weighted by Gasteiger charge is 2.23. The number of nitro benzene ring substituents is 1. The Balaban J connectivity index is 2.64. The van der Waals surface area contributed by atoms with Crippen LogP contribution in [0.2, 0.25) is 0 Å². The molecule has 1 aromatic carbocycles. The van der Waals surface area contributed by atoms with E-state index in [9.17, 15) is 14.9 Å². The number of hydrogen-bond donors (Lipinski definition) is 1. The molecule has 0 aromatic heterocycles. The van der Waals surface area contributed by atoms with Crippen molar-refractivity contribution in [1.82, 2.24) is 0 Å². The van der Waals surface area contributed by atoms with Gasteiger partial charge in [-0.3, -0.25) is 10.1 Å². The van der Waals surface area contributed by atoms with E-state index in [0.717, 1.165) is 5.56 Å². The first-order valence-electron chi connectivity index (χ1n) is 5.97. The molecule has 0 unspecified atom stereocenters. The Kier molecular flexibility index (Phi) is 4.79. The van der Waals surface area contributed by atoms with Gasteiger partial charge in [0, 0.05) is 18.6 Å². The lowest BCUT2D eigenvalue weighted by atomic mass is 9.98. The van der Waals surface area contributed by atoms with Gasteiger partial charge in [-0.25, -0.2) is 4.79 Å². The predicted octanol–water partition coefficient (Wildman–Crippen LogP) is 2.00. The summed E-state index contributed by atoms with van der Waals surface area (Å²) in [6.45, 7) is 5.12. The molecule has 0 fully saturated rings. The summed E-state index contributed by atoms with van der Waals surface area (Å²) in [5, 5.41) is 14.1. The van der Waals surface area contributed by atoms with E-state index < -0.39 is 16.3 Å². The summed E-state index contributed by atoms with van der Waals surface area (Å²) in [6, 6.07) is 5.91. The number of nitrogens with two attached hydrogens (primary N) is 1. The third-order valence-corrected chi connectivity index (χ3v) is 2.39. The van der Waals surface area contributed by atoms with E-state index in [-0.39, 0.29) is 17.9 Å². The fourth-order valence-corrected chi connectivity index (χ4v) is 1.21. The van der Waals surface area contributed by atoms with Gasteiger partial charge in [0.25, 0.3) is 5.69 Å². The largest absolute Gasteiger partial charge is 0.384 e. The third-order valence-electron chi connectivity index (χ3n) is 2.39. The van der Waals surface area contributed by atoms with Gasteiger partial charge >= 0.3 is 5.97 Å². The van der Waals surface area contributed by atoms with Crippen LogP contribution in [0, 0.1) is 15.5 Å². The van der Waals surface area contributed by atoms with Crippen LogP contribution in [0.15, 0.2) is 29.4 Å². The molecule has 0 amide bonds. The van der Waals surface area contributed by atoms with Crippen molar-refractivity contribution in [1.29, 1.82) is 0 Å². The lowest BCUT2D eigenvalue weighted by molar-refractivity contribution is -0.384. The molecule has 0 saturated heterocycles. The van der Waals surface area contributed by atoms with E-state index in [4.69, 9.17) is 10.6 Å². The zero-order chi connectivity index (χ0) is 15.3. The lowest BCUT2D eigenvalue weighted by Gasteiger charge is -2.13. The van der Waals surface area contributed by atoms with E-state index in [2.05, 4.69) is 5.16 Å². The molecule has 1 rings (SSSR count). The van der Waals surface area contributed by atoms with E-state index >= 15 is 0 Å². The van der Waals surface area contributed by atoms with Gasteiger partial charge < -0.3 is 10.6 Å². The van der Waals surface area contributed by atoms with Gasteiger partial charge in [-0.2, -0.15) is 0 Å². The van der Waals surface area contributed by atoms with Crippen molar-refractivity contribution in [2.75, 3.05) is 0 Å². The summed E-state index contributed by atoms with van der Waals surface area (Å²) in [4.78, 5) is 26.2. The van der Waals surface area contributed by atoms with Gasteiger partial charge in [0.05, 0.1) is 10.3 Å². The molecule has 20 heavy (non-hydrogen) atoms. The minimum atomic E-state index is -0.656. The molecule has 0 spiro atoms. The molecule has 0 bridgehead atoms. The topological polar surface area (TPSA) is 108 Å². The van der Waals surface area contributed by atoms with E-state index in [1.165, 1.54) is 12.1 Å². The standard InChI is InChI=1S/C13H17N3O4/c1-13(2,3)12(17)20-15-11(14)8-9-4-6-10(7-5-9)16(18)19/h4-7H,8H2,1-3H3,(H2,14,15). The second-order valence-electron chi connectivity index (χ2n) is 5.31. The number of benzene rings is 1. The van der Waals surface area contributed by atoms with Crippen molar-refractivity contribution >= 4 is 17.5 Å². The van der Waals surface area contributed by atoms with Crippen molar-refractivity contribution in [3.8, 4) is 0 Å². The molecule has 7 nitrogen and oxygen atoms in total. The molecular formula is C13H17N3O4. The van der Waals surface area contributed by atoms with Crippen LogP contribution in [0.25, 0.3) is 0 Å². The highest BCUT2D eigenvalue weighted by Crippen LogP contribution is 2.15. The Hall–Kier alpha value is -2.44. The second kappa shape index (κ2) is 6.14. The molecule has 0 radical (unpaired) electrons. The summed E-state index contributed by atoms with van der Waals surface area (Å²) in [5.41, 5.74) is 5.72. The summed E-state index contributed by atoms with van der Waals surface area (Å²) in [7, 11) is 0. The van der Waals surface area contributed by atoms with Crippen LogP contribution in [0.3, 0.4) is 0 Å². The summed E-state index contributed by atoms with van der Waals surface area (Å²) in [5.74, 6) is -0.361. The van der Waals surface area contributed by atoms with Crippen LogP contribution in [0.4, 0.5) is 5.69 Å². The molecule has 0 aliphatic carbocycles. The SMILES string of the molecule is CC(C)(C)C(=O)ON=C(N)Cc1ccc([N+](=O)[O-])cc1. The molecule has 0 saturated carbocycles. The number of nitro groups is 1. The molecule has 2 N–H and O–H groups in total. The maximum atomic E-state index is 11.5. The summed E-state index contributed by atoms with van der Waals surface area (Å²) >= 11 is 0. The van der Waals surface area contributed by atoms with E-state index in [0.29, 0.717) is 0 Å².